The van der Waals surface area contributed by atoms with Gasteiger partial charge in [-0.15, -0.1) is 0 Å². The van der Waals surface area contributed by atoms with Crippen LogP contribution in [0.5, 0.6) is 0 Å². The van der Waals surface area contributed by atoms with Crippen LogP contribution in [-0.2, 0) is 9.59 Å². The molecule has 0 aliphatic carbocycles. The van der Waals surface area contributed by atoms with Crippen molar-refractivity contribution in [3.8, 4) is 0 Å². The van der Waals surface area contributed by atoms with Crippen LogP contribution in [0.1, 0.15) is 0 Å². The standard InChI is InChI=1S/C3H3N3O2/c7-1-2(8)6-3(4-1)5-6/h3,5H,(H,4,7). The first-order valence-electron chi connectivity index (χ1n) is 2.19. The number of amides is 2. The van der Waals surface area contributed by atoms with Gasteiger partial charge in [-0.3, -0.25) is 9.59 Å². The Morgan fingerprint density at radius 2 is 2.25 bits per heavy atom. The number of carbonyl (C=O) groups is 2. The van der Waals surface area contributed by atoms with Gasteiger partial charge in [0, 0.05) is 0 Å². The predicted molar refractivity (Wildman–Crippen MR) is 21.9 cm³/mol. The van der Waals surface area contributed by atoms with Crippen LogP contribution in [0.25, 0.3) is 0 Å². The fraction of sp³-hybridized carbons (Fsp3) is 0.333. The smallest absolute Gasteiger partial charge is 0.312 e. The van der Waals surface area contributed by atoms with Crippen molar-refractivity contribution in [3.63, 3.8) is 0 Å². The Morgan fingerprint density at radius 3 is 2.50 bits per heavy atom. The minimum Gasteiger partial charge on any atom is -0.312 e. The van der Waals surface area contributed by atoms with Gasteiger partial charge >= 0.3 is 11.8 Å². The first-order chi connectivity index (χ1) is 3.79. The zero-order valence-corrected chi connectivity index (χ0v) is 3.84. The highest BCUT2D eigenvalue weighted by Gasteiger charge is 2.49. The molecule has 0 bridgehead atoms. The molecule has 0 aromatic heterocycles. The van der Waals surface area contributed by atoms with Crippen LogP contribution < -0.4 is 10.7 Å². The van der Waals surface area contributed by atoms with E-state index in [1.807, 2.05) is 0 Å². The van der Waals surface area contributed by atoms with Gasteiger partial charge in [0.25, 0.3) is 0 Å². The van der Waals surface area contributed by atoms with Crippen molar-refractivity contribution in [2.45, 2.75) is 6.29 Å². The Bertz CT molecular complexity index is 177. The lowest BCUT2D eigenvalue weighted by Crippen LogP contribution is -2.30. The maximum absolute atomic E-state index is 10.4. The van der Waals surface area contributed by atoms with Crippen LogP contribution >= 0.6 is 0 Å². The summed E-state index contributed by atoms with van der Waals surface area (Å²) in [6.07, 6.45) is -0.199. The SMILES string of the molecule is O=C1NC2NN2C1=O. The molecule has 0 saturated carbocycles. The van der Waals surface area contributed by atoms with Crippen LogP contribution in [0.2, 0.25) is 0 Å². The van der Waals surface area contributed by atoms with E-state index in [0.717, 1.165) is 0 Å². The van der Waals surface area contributed by atoms with Gasteiger partial charge in [0.15, 0.2) is 6.29 Å². The number of nitrogens with zero attached hydrogens (tertiary/aromatic N) is 1. The van der Waals surface area contributed by atoms with Gasteiger partial charge in [-0.2, -0.15) is 5.43 Å². The van der Waals surface area contributed by atoms with Gasteiger partial charge in [0.2, 0.25) is 0 Å². The number of hydrogen-bond donors (Lipinski definition) is 2. The highest BCUT2D eigenvalue weighted by atomic mass is 16.2. The molecule has 2 amide bonds. The quantitative estimate of drug-likeness (QED) is 0.275. The minimum absolute atomic E-state index is 0.199. The summed E-state index contributed by atoms with van der Waals surface area (Å²) in [4.78, 5) is 20.7. The lowest BCUT2D eigenvalue weighted by molar-refractivity contribution is -0.139. The van der Waals surface area contributed by atoms with Gasteiger partial charge in [-0.05, 0) is 0 Å². The summed E-state index contributed by atoms with van der Waals surface area (Å²) >= 11 is 0. The van der Waals surface area contributed by atoms with Crippen molar-refractivity contribution in [1.82, 2.24) is 15.8 Å². The largest absolute Gasteiger partial charge is 0.329 e. The average Bonchev–Trinajstić information content (AvgIpc) is 2.39. The zero-order chi connectivity index (χ0) is 5.72. The second kappa shape index (κ2) is 0.851. The molecule has 0 radical (unpaired) electrons. The lowest BCUT2D eigenvalue weighted by Gasteiger charge is -1.86. The molecule has 0 spiro atoms. The fourth-order valence-electron chi connectivity index (χ4n) is 0.666. The summed E-state index contributed by atoms with van der Waals surface area (Å²) < 4.78 is 0. The van der Waals surface area contributed by atoms with Crippen molar-refractivity contribution in [3.05, 3.63) is 0 Å². The van der Waals surface area contributed by atoms with Gasteiger partial charge in [0.05, 0.1) is 0 Å². The molecular weight excluding hydrogens is 110 g/mol. The van der Waals surface area contributed by atoms with Gasteiger partial charge in [-0.1, -0.05) is 0 Å². The summed E-state index contributed by atoms with van der Waals surface area (Å²) in [6, 6.07) is 0. The second-order valence-electron chi connectivity index (χ2n) is 1.68. The van der Waals surface area contributed by atoms with Gasteiger partial charge < -0.3 is 5.32 Å². The molecule has 2 rings (SSSR count). The lowest BCUT2D eigenvalue weighted by atomic mass is 10.6. The third-order valence-corrected chi connectivity index (χ3v) is 1.13. The molecule has 2 saturated heterocycles. The van der Waals surface area contributed by atoms with Crippen molar-refractivity contribution >= 4 is 11.8 Å². The predicted octanol–water partition coefficient (Wildman–Crippen LogP) is -2.25. The topological polar surface area (TPSA) is 71.1 Å². The Morgan fingerprint density at radius 1 is 1.50 bits per heavy atom. The maximum atomic E-state index is 10.4. The summed E-state index contributed by atoms with van der Waals surface area (Å²) in [5.74, 6) is -1.01. The molecule has 42 valence electrons. The molecule has 1 unspecified atom stereocenters. The van der Waals surface area contributed by atoms with Crippen LogP contribution in [0.15, 0.2) is 0 Å². The van der Waals surface area contributed by atoms with E-state index in [9.17, 15) is 9.59 Å². The van der Waals surface area contributed by atoms with Crippen molar-refractivity contribution in [2.75, 3.05) is 0 Å². The van der Waals surface area contributed by atoms with E-state index in [1.165, 1.54) is 5.01 Å². The maximum Gasteiger partial charge on any atom is 0.329 e. The number of hydrazine groups is 1. The monoisotopic (exact) mass is 113 g/mol. The normalized spacial score (nSPS) is 32.5. The molecule has 1 atom stereocenters. The van der Waals surface area contributed by atoms with E-state index in [4.69, 9.17) is 0 Å². The fourth-order valence-corrected chi connectivity index (χ4v) is 0.666. The minimum atomic E-state index is -0.520. The van der Waals surface area contributed by atoms with Crippen molar-refractivity contribution in [1.29, 1.82) is 0 Å². The zero-order valence-electron chi connectivity index (χ0n) is 3.84. The molecule has 2 heterocycles. The molecule has 0 aromatic rings. The van der Waals surface area contributed by atoms with Crippen LogP contribution in [0.4, 0.5) is 0 Å². The van der Waals surface area contributed by atoms with Crippen LogP contribution in [0.3, 0.4) is 0 Å². The van der Waals surface area contributed by atoms with Crippen LogP contribution in [0, 0.1) is 0 Å². The van der Waals surface area contributed by atoms with Crippen molar-refractivity contribution < 1.29 is 9.59 Å². The number of rotatable bonds is 0. The number of nitrogens with one attached hydrogen (secondary N) is 2. The molecule has 2 aliphatic heterocycles. The van der Waals surface area contributed by atoms with E-state index in [1.54, 1.807) is 0 Å². The Labute approximate surface area is 44.6 Å². The number of fused-ring (bicyclic) bond motifs is 1. The van der Waals surface area contributed by atoms with E-state index in [-0.39, 0.29) is 6.29 Å². The van der Waals surface area contributed by atoms with Gasteiger partial charge in [0.1, 0.15) is 0 Å². The third-order valence-electron chi connectivity index (χ3n) is 1.13. The van der Waals surface area contributed by atoms with Crippen LogP contribution in [-0.4, -0.2) is 23.1 Å². The Kier molecular flexibility index (Phi) is 0.410. The van der Waals surface area contributed by atoms with Crippen molar-refractivity contribution in [2.24, 2.45) is 0 Å². The number of hydrogen-bond acceptors (Lipinski definition) is 3. The van der Waals surface area contributed by atoms with E-state index >= 15 is 0 Å². The number of carbonyl (C=O) groups excluding carboxylic acids is 2. The highest BCUT2D eigenvalue weighted by molar-refractivity contribution is 6.37. The summed E-state index contributed by atoms with van der Waals surface area (Å²) in [5.41, 5.74) is 2.60. The van der Waals surface area contributed by atoms with E-state index in [2.05, 4.69) is 10.7 Å². The van der Waals surface area contributed by atoms with Gasteiger partial charge in [-0.25, -0.2) is 5.01 Å². The molecule has 8 heavy (non-hydrogen) atoms. The third kappa shape index (κ3) is 0.261. The molecule has 2 fully saturated rings. The Hall–Kier alpha value is -1.10. The summed E-state index contributed by atoms with van der Waals surface area (Å²) in [5, 5.41) is 3.61. The molecule has 2 aliphatic rings. The summed E-state index contributed by atoms with van der Waals surface area (Å²) in [7, 11) is 0. The average molecular weight is 113 g/mol. The molecule has 2 N–H and O–H groups in total. The first kappa shape index (κ1) is 3.85. The first-order valence-corrected chi connectivity index (χ1v) is 2.19. The summed E-state index contributed by atoms with van der Waals surface area (Å²) in [6.45, 7) is 0. The van der Waals surface area contributed by atoms with E-state index in [0.29, 0.717) is 0 Å². The molecule has 0 aromatic carbocycles. The molecule has 5 nitrogen and oxygen atoms in total. The molecule has 5 heteroatoms. The Balaban J connectivity index is 2.31. The second-order valence-corrected chi connectivity index (χ2v) is 1.68. The van der Waals surface area contributed by atoms with E-state index < -0.39 is 11.8 Å². The molecular formula is C3H3N3O2. The highest BCUT2D eigenvalue weighted by Crippen LogP contribution is 2.11.